The maximum Gasteiger partial charge on any atom is 0.0666 e. The molecule has 2 aliphatic rings. The first-order valence-corrected chi connectivity index (χ1v) is 7.41. The van der Waals surface area contributed by atoms with Gasteiger partial charge in [0.05, 0.1) is 5.69 Å². The fourth-order valence-corrected chi connectivity index (χ4v) is 3.56. The van der Waals surface area contributed by atoms with Gasteiger partial charge in [0.15, 0.2) is 0 Å². The summed E-state index contributed by atoms with van der Waals surface area (Å²) in [4.78, 5) is 0. The molecule has 1 aromatic heterocycles. The van der Waals surface area contributed by atoms with Crippen molar-refractivity contribution in [2.75, 3.05) is 11.9 Å². The third kappa shape index (κ3) is 2.13. The molecule has 0 saturated heterocycles. The second kappa shape index (κ2) is 4.82. The lowest BCUT2D eigenvalue weighted by Crippen LogP contribution is -2.18. The van der Waals surface area contributed by atoms with Gasteiger partial charge in [-0.15, -0.1) is 0 Å². The van der Waals surface area contributed by atoms with Crippen LogP contribution in [-0.4, -0.2) is 16.3 Å². The summed E-state index contributed by atoms with van der Waals surface area (Å²) in [5.74, 6) is 2.46. The number of benzene rings is 1. The summed E-state index contributed by atoms with van der Waals surface area (Å²) in [5, 5.41) is 7.87. The lowest BCUT2D eigenvalue weighted by atomic mass is 9.93. The van der Waals surface area contributed by atoms with Crippen molar-refractivity contribution in [3.8, 4) is 5.69 Å². The van der Waals surface area contributed by atoms with E-state index in [9.17, 15) is 0 Å². The van der Waals surface area contributed by atoms with E-state index in [2.05, 4.69) is 46.8 Å². The van der Waals surface area contributed by atoms with Gasteiger partial charge in [0.2, 0.25) is 0 Å². The molecule has 2 aliphatic carbocycles. The highest BCUT2D eigenvalue weighted by Crippen LogP contribution is 2.43. The molecule has 0 radical (unpaired) electrons. The highest BCUT2D eigenvalue weighted by atomic mass is 15.3. The monoisotopic (exact) mass is 265 g/mol. The Morgan fingerprint density at radius 2 is 2.20 bits per heavy atom. The third-order valence-electron chi connectivity index (χ3n) is 4.60. The standard InChI is InChI=1S/C17H19N3/c1-3-16(11-17(4-1)20-8-2-7-19-20)18-12-15-10-13-5-6-14(15)9-13/h1-8,11,13-15,18H,9-10,12H2. The van der Waals surface area contributed by atoms with E-state index in [-0.39, 0.29) is 0 Å². The molecule has 0 spiro atoms. The third-order valence-corrected chi connectivity index (χ3v) is 4.60. The summed E-state index contributed by atoms with van der Waals surface area (Å²) in [6, 6.07) is 10.4. The summed E-state index contributed by atoms with van der Waals surface area (Å²) < 4.78 is 1.89. The summed E-state index contributed by atoms with van der Waals surface area (Å²) in [5.41, 5.74) is 2.29. The molecule has 20 heavy (non-hydrogen) atoms. The first-order valence-electron chi connectivity index (χ1n) is 7.41. The molecule has 1 saturated carbocycles. The van der Waals surface area contributed by atoms with E-state index in [4.69, 9.17) is 0 Å². The Labute approximate surface area is 119 Å². The van der Waals surface area contributed by atoms with Gasteiger partial charge in [-0.2, -0.15) is 5.10 Å². The molecule has 3 heteroatoms. The van der Waals surface area contributed by atoms with Crippen LogP contribution in [0.1, 0.15) is 12.8 Å². The van der Waals surface area contributed by atoms with Crippen molar-refractivity contribution in [1.29, 1.82) is 0 Å². The Balaban J connectivity index is 1.44. The number of allylic oxidation sites excluding steroid dienone is 2. The molecule has 0 aliphatic heterocycles. The SMILES string of the molecule is C1=CC2CC1CC2CNc1cccc(-n2cccn2)c1. The van der Waals surface area contributed by atoms with Crippen molar-refractivity contribution in [2.45, 2.75) is 12.8 Å². The van der Waals surface area contributed by atoms with E-state index in [0.717, 1.165) is 30.0 Å². The molecule has 3 atom stereocenters. The Morgan fingerprint density at radius 1 is 1.20 bits per heavy atom. The van der Waals surface area contributed by atoms with Crippen LogP contribution in [0.15, 0.2) is 54.9 Å². The summed E-state index contributed by atoms with van der Waals surface area (Å²) in [6.45, 7) is 1.08. The van der Waals surface area contributed by atoms with Crippen LogP contribution in [0.2, 0.25) is 0 Å². The lowest BCUT2D eigenvalue weighted by molar-refractivity contribution is 0.472. The molecular weight excluding hydrogens is 246 g/mol. The molecular formula is C17H19N3. The lowest BCUT2D eigenvalue weighted by Gasteiger charge is -2.19. The molecule has 1 heterocycles. The highest BCUT2D eigenvalue weighted by Gasteiger charge is 2.35. The zero-order chi connectivity index (χ0) is 13.4. The minimum absolute atomic E-state index is 0.804. The quantitative estimate of drug-likeness (QED) is 0.857. The molecule has 2 aromatic rings. The summed E-state index contributed by atoms with van der Waals surface area (Å²) in [7, 11) is 0. The van der Waals surface area contributed by atoms with Crippen molar-refractivity contribution < 1.29 is 0 Å². The Hall–Kier alpha value is -2.03. The minimum atomic E-state index is 0.804. The van der Waals surface area contributed by atoms with Crippen molar-refractivity contribution in [3.05, 3.63) is 54.9 Å². The van der Waals surface area contributed by atoms with Gasteiger partial charge in [-0.05, 0) is 54.9 Å². The van der Waals surface area contributed by atoms with Crippen LogP contribution in [0, 0.1) is 17.8 Å². The number of aromatic nitrogens is 2. The predicted molar refractivity (Wildman–Crippen MR) is 80.9 cm³/mol. The van der Waals surface area contributed by atoms with Gasteiger partial charge in [0.25, 0.3) is 0 Å². The highest BCUT2D eigenvalue weighted by molar-refractivity contribution is 5.50. The van der Waals surface area contributed by atoms with Gasteiger partial charge < -0.3 is 5.32 Å². The van der Waals surface area contributed by atoms with Gasteiger partial charge >= 0.3 is 0 Å². The van der Waals surface area contributed by atoms with Crippen molar-refractivity contribution in [3.63, 3.8) is 0 Å². The van der Waals surface area contributed by atoms with Gasteiger partial charge in [0.1, 0.15) is 0 Å². The minimum Gasteiger partial charge on any atom is -0.385 e. The van der Waals surface area contributed by atoms with Crippen LogP contribution in [0.5, 0.6) is 0 Å². The predicted octanol–water partition coefficient (Wildman–Crippen LogP) is 3.50. The van der Waals surface area contributed by atoms with Crippen LogP contribution in [0.4, 0.5) is 5.69 Å². The molecule has 102 valence electrons. The van der Waals surface area contributed by atoms with Gasteiger partial charge in [-0.3, -0.25) is 0 Å². The van der Waals surface area contributed by atoms with E-state index in [1.54, 1.807) is 0 Å². The zero-order valence-electron chi connectivity index (χ0n) is 11.4. The fourth-order valence-electron chi connectivity index (χ4n) is 3.56. The first-order chi connectivity index (χ1) is 9.88. The molecule has 3 unspecified atom stereocenters. The molecule has 4 rings (SSSR count). The number of hydrogen-bond donors (Lipinski definition) is 1. The number of nitrogens with zero attached hydrogens (tertiary/aromatic N) is 2. The van der Waals surface area contributed by atoms with Crippen molar-refractivity contribution in [2.24, 2.45) is 17.8 Å². The summed E-state index contributed by atoms with van der Waals surface area (Å²) >= 11 is 0. The Kier molecular flexibility index (Phi) is 2.84. The smallest absolute Gasteiger partial charge is 0.0666 e. The fraction of sp³-hybridized carbons (Fsp3) is 0.353. The molecule has 2 bridgehead atoms. The molecule has 0 amide bonds. The van der Waals surface area contributed by atoms with Crippen LogP contribution >= 0.6 is 0 Å². The molecule has 3 nitrogen and oxygen atoms in total. The van der Waals surface area contributed by atoms with E-state index in [1.807, 2.05) is 23.1 Å². The van der Waals surface area contributed by atoms with E-state index < -0.39 is 0 Å². The van der Waals surface area contributed by atoms with Crippen LogP contribution in [-0.2, 0) is 0 Å². The van der Waals surface area contributed by atoms with Crippen LogP contribution < -0.4 is 5.32 Å². The number of fused-ring (bicyclic) bond motifs is 2. The van der Waals surface area contributed by atoms with Gasteiger partial charge in [-0.25, -0.2) is 4.68 Å². The normalized spacial score (nSPS) is 27.1. The number of rotatable bonds is 4. The average Bonchev–Trinajstić information content (AvgIpc) is 3.22. The maximum atomic E-state index is 4.28. The van der Waals surface area contributed by atoms with Gasteiger partial charge in [-0.1, -0.05) is 18.2 Å². The van der Waals surface area contributed by atoms with E-state index >= 15 is 0 Å². The van der Waals surface area contributed by atoms with E-state index in [1.165, 1.54) is 18.5 Å². The van der Waals surface area contributed by atoms with Crippen molar-refractivity contribution in [1.82, 2.24) is 9.78 Å². The second-order valence-corrected chi connectivity index (χ2v) is 5.92. The first kappa shape index (κ1) is 11.8. The van der Waals surface area contributed by atoms with Gasteiger partial charge in [0, 0.05) is 24.6 Å². The molecule has 1 fully saturated rings. The average molecular weight is 265 g/mol. The Morgan fingerprint density at radius 3 is 2.95 bits per heavy atom. The largest absolute Gasteiger partial charge is 0.385 e. The number of anilines is 1. The maximum absolute atomic E-state index is 4.28. The molecule has 1 aromatic carbocycles. The second-order valence-electron chi connectivity index (χ2n) is 5.92. The zero-order valence-corrected chi connectivity index (χ0v) is 11.4. The number of nitrogens with one attached hydrogen (secondary N) is 1. The summed E-state index contributed by atoms with van der Waals surface area (Å²) in [6.07, 6.45) is 11.3. The number of hydrogen-bond acceptors (Lipinski definition) is 2. The topological polar surface area (TPSA) is 29.9 Å². The molecule has 1 N–H and O–H groups in total. The van der Waals surface area contributed by atoms with Crippen LogP contribution in [0.25, 0.3) is 5.69 Å². The Bertz CT molecular complexity index is 615. The van der Waals surface area contributed by atoms with E-state index in [0.29, 0.717) is 0 Å². The van der Waals surface area contributed by atoms with Crippen molar-refractivity contribution >= 4 is 5.69 Å². The van der Waals surface area contributed by atoms with Crippen LogP contribution in [0.3, 0.4) is 0 Å².